The average Bonchev–Trinajstić information content (AvgIpc) is 3.21. The van der Waals surface area contributed by atoms with Gasteiger partial charge in [0.2, 0.25) is 0 Å². The Balaban J connectivity index is 1.92. The number of aromatic nitrogens is 1. The highest BCUT2D eigenvalue weighted by Gasteiger charge is 2.15. The van der Waals surface area contributed by atoms with Crippen LogP contribution in [0.15, 0.2) is 47.5 Å². The van der Waals surface area contributed by atoms with Crippen molar-refractivity contribution in [2.45, 2.75) is 20.4 Å². The molecule has 0 saturated heterocycles. The van der Waals surface area contributed by atoms with E-state index in [0.717, 1.165) is 19.6 Å². The van der Waals surface area contributed by atoms with Crippen LogP contribution in [0.4, 0.5) is 0 Å². The van der Waals surface area contributed by atoms with E-state index < -0.39 is 5.91 Å². The number of nitrogens with two attached hydrogens (primary N) is 1. The van der Waals surface area contributed by atoms with Gasteiger partial charge in [-0.25, -0.2) is 0 Å². The van der Waals surface area contributed by atoms with Crippen LogP contribution in [-0.2, 0) is 6.54 Å². The minimum Gasteiger partial charge on any atom is -0.455 e. The van der Waals surface area contributed by atoms with Crippen LogP contribution in [0.5, 0.6) is 11.5 Å². The molecule has 0 radical (unpaired) electrons. The molecule has 1 heterocycles. The summed E-state index contributed by atoms with van der Waals surface area (Å²) in [5, 5.41) is 3.80. The molecule has 0 aliphatic rings. The van der Waals surface area contributed by atoms with Crippen molar-refractivity contribution in [3.63, 3.8) is 0 Å². The zero-order valence-electron chi connectivity index (χ0n) is 17.3. The monoisotopic (exact) mass is 427 g/mol. The van der Waals surface area contributed by atoms with Gasteiger partial charge in [-0.2, -0.15) is 4.99 Å². The van der Waals surface area contributed by atoms with Crippen molar-refractivity contribution in [3.8, 4) is 11.5 Å². The number of benzene rings is 2. The minimum atomic E-state index is -0.499. The summed E-state index contributed by atoms with van der Waals surface area (Å²) in [5.74, 6) is 0.815. The van der Waals surface area contributed by atoms with Crippen molar-refractivity contribution in [1.82, 2.24) is 15.2 Å². The standard InChI is InChI=1S/C22H26ClN5O2/c1-4-28(5-2)13-14-7-6-8-15(11-14)30-19-10-9-17(23)16-12-18(26-20(16)19)21(29)27-22(24)25-3/h6-12,26H,4-5,13H2,1-3H3,(H3,24,25,27,29). The number of halogens is 1. The first-order valence-corrected chi connectivity index (χ1v) is 10.2. The summed E-state index contributed by atoms with van der Waals surface area (Å²) in [6.07, 6.45) is 0. The lowest BCUT2D eigenvalue weighted by molar-refractivity contribution is 0.0998. The van der Waals surface area contributed by atoms with Crippen LogP contribution in [0, 0.1) is 0 Å². The first-order chi connectivity index (χ1) is 14.4. The first-order valence-electron chi connectivity index (χ1n) is 9.81. The van der Waals surface area contributed by atoms with Gasteiger partial charge in [0.25, 0.3) is 5.91 Å². The molecule has 1 amide bonds. The maximum absolute atomic E-state index is 12.3. The van der Waals surface area contributed by atoms with E-state index in [4.69, 9.17) is 22.1 Å². The molecule has 0 aliphatic heterocycles. The lowest BCUT2D eigenvalue weighted by Gasteiger charge is -2.18. The van der Waals surface area contributed by atoms with Gasteiger partial charge in [-0.3, -0.25) is 9.69 Å². The molecule has 0 bridgehead atoms. The topological polar surface area (TPSA) is 95.7 Å². The molecular formula is C22H26ClN5O2. The highest BCUT2D eigenvalue weighted by molar-refractivity contribution is 6.35. The Labute approximate surface area is 180 Å². The number of guanidine groups is 1. The van der Waals surface area contributed by atoms with Gasteiger partial charge in [-0.1, -0.05) is 37.6 Å². The molecule has 3 aromatic rings. The third kappa shape index (κ3) is 4.93. The number of carbonyl (C=O) groups is 1. The van der Waals surface area contributed by atoms with Gasteiger partial charge >= 0.3 is 0 Å². The number of amides is 1. The SMILES string of the molecule is CCN(CC)Cc1cccc(Oc2ccc(Cl)c3cc(C(=O)N=C(N)NC)[nH]c23)c1. The Morgan fingerprint density at radius 2 is 2.00 bits per heavy atom. The smallest absolute Gasteiger partial charge is 0.296 e. The van der Waals surface area contributed by atoms with Crippen LogP contribution in [0.25, 0.3) is 10.9 Å². The molecule has 4 N–H and O–H groups in total. The number of nitrogens with one attached hydrogen (secondary N) is 2. The van der Waals surface area contributed by atoms with Crippen LogP contribution < -0.4 is 15.8 Å². The minimum absolute atomic E-state index is 0.0336. The molecule has 1 aromatic heterocycles. The fraction of sp³-hybridized carbons (Fsp3) is 0.273. The summed E-state index contributed by atoms with van der Waals surface area (Å²) in [6.45, 7) is 7.12. The Kier molecular flexibility index (Phi) is 6.97. The summed E-state index contributed by atoms with van der Waals surface area (Å²) >= 11 is 6.33. The first kappa shape index (κ1) is 21.7. The molecule has 3 rings (SSSR count). The number of hydrogen-bond donors (Lipinski definition) is 3. The number of fused-ring (bicyclic) bond motifs is 1. The predicted octanol–water partition coefficient (Wildman–Crippen LogP) is 4.13. The largest absolute Gasteiger partial charge is 0.455 e. The third-order valence-corrected chi connectivity index (χ3v) is 5.17. The van der Waals surface area contributed by atoms with Crippen molar-refractivity contribution in [3.05, 3.63) is 58.7 Å². The maximum Gasteiger partial charge on any atom is 0.296 e. The van der Waals surface area contributed by atoms with E-state index in [9.17, 15) is 4.79 Å². The van der Waals surface area contributed by atoms with Crippen molar-refractivity contribution < 1.29 is 9.53 Å². The molecule has 2 aromatic carbocycles. The molecule has 0 saturated carbocycles. The number of carbonyl (C=O) groups excluding carboxylic acids is 1. The number of rotatable bonds is 7. The van der Waals surface area contributed by atoms with E-state index in [2.05, 4.69) is 40.1 Å². The molecule has 0 unspecified atom stereocenters. The number of H-pyrrole nitrogens is 1. The van der Waals surface area contributed by atoms with E-state index >= 15 is 0 Å². The zero-order chi connectivity index (χ0) is 21.7. The molecule has 158 valence electrons. The number of aliphatic imine (C=N–C) groups is 1. The van der Waals surface area contributed by atoms with Crippen molar-refractivity contribution in [2.24, 2.45) is 10.7 Å². The molecule has 0 aliphatic carbocycles. The van der Waals surface area contributed by atoms with Crippen molar-refractivity contribution in [2.75, 3.05) is 20.1 Å². The molecule has 0 spiro atoms. The summed E-state index contributed by atoms with van der Waals surface area (Å²) in [7, 11) is 1.59. The molecule has 30 heavy (non-hydrogen) atoms. The third-order valence-electron chi connectivity index (χ3n) is 4.84. The number of nitrogens with zero attached hydrogens (tertiary/aromatic N) is 2. The number of aromatic amines is 1. The van der Waals surface area contributed by atoms with Crippen LogP contribution in [0.1, 0.15) is 29.9 Å². The van der Waals surface area contributed by atoms with E-state index in [1.807, 2.05) is 18.2 Å². The fourth-order valence-corrected chi connectivity index (χ4v) is 3.34. The highest BCUT2D eigenvalue weighted by atomic mass is 35.5. The number of hydrogen-bond acceptors (Lipinski definition) is 3. The summed E-state index contributed by atoms with van der Waals surface area (Å²) in [4.78, 5) is 21.5. The van der Waals surface area contributed by atoms with Crippen LogP contribution >= 0.6 is 11.6 Å². The van der Waals surface area contributed by atoms with Gasteiger partial charge in [0.05, 0.1) is 10.5 Å². The molecule has 8 heteroatoms. The zero-order valence-corrected chi connectivity index (χ0v) is 18.1. The van der Waals surface area contributed by atoms with Gasteiger partial charge < -0.3 is 20.8 Å². The van der Waals surface area contributed by atoms with Gasteiger partial charge in [0, 0.05) is 19.0 Å². The molecule has 0 fully saturated rings. The number of ether oxygens (including phenoxy) is 1. The lowest BCUT2D eigenvalue weighted by atomic mass is 10.2. The molecule has 0 atom stereocenters. The van der Waals surface area contributed by atoms with Crippen LogP contribution in [-0.4, -0.2) is 41.9 Å². The second kappa shape index (κ2) is 9.65. The van der Waals surface area contributed by atoms with Crippen molar-refractivity contribution >= 4 is 34.4 Å². The van der Waals surface area contributed by atoms with Crippen LogP contribution in [0.3, 0.4) is 0 Å². The second-order valence-corrected chi connectivity index (χ2v) is 7.19. The van der Waals surface area contributed by atoms with Crippen molar-refractivity contribution in [1.29, 1.82) is 0 Å². The normalized spacial score (nSPS) is 11.8. The van der Waals surface area contributed by atoms with E-state index in [1.165, 1.54) is 5.56 Å². The van der Waals surface area contributed by atoms with Gasteiger partial charge in [-0.05, 0) is 49.0 Å². The Morgan fingerprint density at radius 3 is 2.70 bits per heavy atom. The lowest BCUT2D eigenvalue weighted by Crippen LogP contribution is -2.28. The van der Waals surface area contributed by atoms with Gasteiger partial charge in [0.15, 0.2) is 11.7 Å². The van der Waals surface area contributed by atoms with E-state index in [0.29, 0.717) is 27.4 Å². The maximum atomic E-state index is 12.3. The Morgan fingerprint density at radius 1 is 1.23 bits per heavy atom. The summed E-state index contributed by atoms with van der Waals surface area (Å²) in [5.41, 5.74) is 7.65. The van der Waals surface area contributed by atoms with Gasteiger partial charge in [-0.15, -0.1) is 0 Å². The molecular weight excluding hydrogens is 402 g/mol. The second-order valence-electron chi connectivity index (χ2n) is 6.78. The summed E-state index contributed by atoms with van der Waals surface area (Å²) < 4.78 is 6.14. The quantitative estimate of drug-likeness (QED) is 0.389. The van der Waals surface area contributed by atoms with Crippen LogP contribution in [0.2, 0.25) is 5.02 Å². The average molecular weight is 428 g/mol. The molecule has 7 nitrogen and oxygen atoms in total. The predicted molar refractivity (Wildman–Crippen MR) is 121 cm³/mol. The fourth-order valence-electron chi connectivity index (χ4n) is 3.12. The Hall–Kier alpha value is -3.03. The highest BCUT2D eigenvalue weighted by Crippen LogP contribution is 2.34. The summed E-state index contributed by atoms with van der Waals surface area (Å²) in [6, 6.07) is 13.1. The Bertz CT molecular complexity index is 1070. The van der Waals surface area contributed by atoms with E-state index in [-0.39, 0.29) is 11.7 Å². The van der Waals surface area contributed by atoms with E-state index in [1.54, 1.807) is 25.2 Å². The van der Waals surface area contributed by atoms with Gasteiger partial charge in [0.1, 0.15) is 11.4 Å².